The van der Waals surface area contributed by atoms with Crippen molar-refractivity contribution in [3.63, 3.8) is 0 Å². The quantitative estimate of drug-likeness (QED) is 0.881. The second-order valence-corrected chi connectivity index (χ2v) is 6.29. The molecule has 1 unspecified atom stereocenters. The molecule has 0 aromatic heterocycles. The van der Waals surface area contributed by atoms with Crippen molar-refractivity contribution in [1.82, 2.24) is 5.32 Å². The Balaban J connectivity index is 2.03. The first-order valence-corrected chi connectivity index (χ1v) is 7.09. The molecule has 0 spiro atoms. The van der Waals surface area contributed by atoms with E-state index in [1.54, 1.807) is 0 Å². The van der Waals surface area contributed by atoms with Crippen LogP contribution in [0.5, 0.6) is 0 Å². The van der Waals surface area contributed by atoms with Crippen LogP contribution in [0.15, 0.2) is 24.3 Å². The Hall–Kier alpha value is -1.02. The highest BCUT2D eigenvalue weighted by molar-refractivity contribution is 5.49. The fourth-order valence-electron chi connectivity index (χ4n) is 2.62. The summed E-state index contributed by atoms with van der Waals surface area (Å²) in [6, 6.07) is 9.76. The van der Waals surface area contributed by atoms with Crippen LogP contribution in [0.25, 0.3) is 0 Å². The van der Waals surface area contributed by atoms with Crippen LogP contribution in [-0.4, -0.2) is 25.7 Å². The number of anilines is 1. The molecule has 0 radical (unpaired) electrons. The van der Waals surface area contributed by atoms with E-state index in [0.717, 1.165) is 13.1 Å². The largest absolute Gasteiger partial charge is 0.370 e. The Morgan fingerprint density at radius 2 is 1.89 bits per heavy atom. The third-order valence-corrected chi connectivity index (χ3v) is 3.78. The molecule has 18 heavy (non-hydrogen) atoms. The van der Waals surface area contributed by atoms with E-state index < -0.39 is 0 Å². The summed E-state index contributed by atoms with van der Waals surface area (Å²) in [5.74, 6) is 0. The number of benzene rings is 1. The maximum Gasteiger partial charge on any atom is 0.0366 e. The SMILES string of the molecule is CCNC1CCN(c2ccc(C(C)(C)C)cc2)C1. The third kappa shape index (κ3) is 3.05. The molecule has 1 aromatic carbocycles. The summed E-state index contributed by atoms with van der Waals surface area (Å²) in [5, 5.41) is 3.54. The van der Waals surface area contributed by atoms with Crippen molar-refractivity contribution in [2.45, 2.75) is 45.6 Å². The van der Waals surface area contributed by atoms with E-state index in [-0.39, 0.29) is 5.41 Å². The molecule has 1 aromatic rings. The van der Waals surface area contributed by atoms with Crippen LogP contribution in [0.1, 0.15) is 39.7 Å². The molecule has 0 aliphatic carbocycles. The van der Waals surface area contributed by atoms with Gasteiger partial charge in [0, 0.05) is 24.8 Å². The second kappa shape index (κ2) is 5.31. The average molecular weight is 246 g/mol. The molecule has 2 nitrogen and oxygen atoms in total. The maximum atomic E-state index is 3.54. The highest BCUT2D eigenvalue weighted by atomic mass is 15.2. The smallest absolute Gasteiger partial charge is 0.0366 e. The molecule has 1 aliphatic heterocycles. The van der Waals surface area contributed by atoms with Gasteiger partial charge in [-0.25, -0.2) is 0 Å². The summed E-state index contributed by atoms with van der Waals surface area (Å²) in [6.07, 6.45) is 1.26. The van der Waals surface area contributed by atoms with E-state index >= 15 is 0 Å². The van der Waals surface area contributed by atoms with Gasteiger partial charge in [0.2, 0.25) is 0 Å². The van der Waals surface area contributed by atoms with E-state index in [9.17, 15) is 0 Å². The molecule has 2 rings (SSSR count). The van der Waals surface area contributed by atoms with Crippen LogP contribution in [-0.2, 0) is 5.41 Å². The monoisotopic (exact) mass is 246 g/mol. The minimum Gasteiger partial charge on any atom is -0.370 e. The number of hydrogen-bond acceptors (Lipinski definition) is 2. The molecule has 1 fully saturated rings. The summed E-state index contributed by atoms with van der Waals surface area (Å²) in [5.41, 5.74) is 3.02. The van der Waals surface area contributed by atoms with Crippen molar-refractivity contribution >= 4 is 5.69 Å². The molecule has 2 heteroatoms. The molecule has 0 saturated carbocycles. The van der Waals surface area contributed by atoms with Crippen molar-refractivity contribution in [2.24, 2.45) is 0 Å². The summed E-state index contributed by atoms with van der Waals surface area (Å²) in [7, 11) is 0. The maximum absolute atomic E-state index is 3.54. The number of hydrogen-bond donors (Lipinski definition) is 1. The summed E-state index contributed by atoms with van der Waals surface area (Å²) in [4.78, 5) is 2.49. The van der Waals surface area contributed by atoms with E-state index in [0.29, 0.717) is 6.04 Å². The summed E-state index contributed by atoms with van der Waals surface area (Å²) >= 11 is 0. The van der Waals surface area contributed by atoms with Crippen LogP contribution < -0.4 is 10.2 Å². The normalized spacial score (nSPS) is 20.4. The Kier molecular flexibility index (Phi) is 3.96. The molecule has 1 heterocycles. The van der Waals surface area contributed by atoms with Gasteiger partial charge >= 0.3 is 0 Å². The van der Waals surface area contributed by atoms with Gasteiger partial charge in [-0.05, 0) is 36.1 Å². The Morgan fingerprint density at radius 1 is 1.22 bits per heavy atom. The first-order valence-electron chi connectivity index (χ1n) is 7.09. The molecular formula is C16H26N2. The topological polar surface area (TPSA) is 15.3 Å². The molecule has 1 atom stereocenters. The summed E-state index contributed by atoms with van der Waals surface area (Å²) < 4.78 is 0. The lowest BCUT2D eigenvalue weighted by atomic mass is 9.87. The van der Waals surface area contributed by atoms with Gasteiger partial charge in [-0.3, -0.25) is 0 Å². The zero-order chi connectivity index (χ0) is 13.2. The van der Waals surface area contributed by atoms with Gasteiger partial charge in [-0.1, -0.05) is 39.8 Å². The highest BCUT2D eigenvalue weighted by Crippen LogP contribution is 2.26. The number of likely N-dealkylation sites (N-methyl/N-ethyl adjacent to an activating group) is 1. The fraction of sp³-hybridized carbons (Fsp3) is 0.625. The zero-order valence-corrected chi connectivity index (χ0v) is 12.2. The second-order valence-electron chi connectivity index (χ2n) is 6.29. The first-order chi connectivity index (χ1) is 8.50. The van der Waals surface area contributed by atoms with Crippen LogP contribution in [0.3, 0.4) is 0 Å². The molecule has 100 valence electrons. The van der Waals surface area contributed by atoms with Crippen molar-refractivity contribution < 1.29 is 0 Å². The van der Waals surface area contributed by atoms with Crippen LogP contribution >= 0.6 is 0 Å². The van der Waals surface area contributed by atoms with Gasteiger partial charge in [-0.15, -0.1) is 0 Å². The van der Waals surface area contributed by atoms with Crippen LogP contribution in [0.2, 0.25) is 0 Å². The molecule has 1 N–H and O–H groups in total. The number of rotatable bonds is 3. The number of nitrogens with zero attached hydrogens (tertiary/aromatic N) is 1. The van der Waals surface area contributed by atoms with Crippen LogP contribution in [0.4, 0.5) is 5.69 Å². The van der Waals surface area contributed by atoms with Crippen molar-refractivity contribution in [3.05, 3.63) is 29.8 Å². The van der Waals surface area contributed by atoms with Crippen molar-refractivity contribution in [1.29, 1.82) is 0 Å². The predicted octanol–water partition coefficient (Wildman–Crippen LogP) is 3.17. The molecule has 1 aliphatic rings. The first kappa shape index (κ1) is 13.4. The van der Waals surface area contributed by atoms with Gasteiger partial charge in [0.25, 0.3) is 0 Å². The Morgan fingerprint density at radius 3 is 2.44 bits per heavy atom. The van der Waals surface area contributed by atoms with Gasteiger partial charge in [0.05, 0.1) is 0 Å². The van der Waals surface area contributed by atoms with Crippen LogP contribution in [0, 0.1) is 0 Å². The molecule has 1 saturated heterocycles. The fourth-order valence-corrected chi connectivity index (χ4v) is 2.62. The molecular weight excluding hydrogens is 220 g/mol. The summed E-state index contributed by atoms with van der Waals surface area (Å²) in [6.45, 7) is 12.4. The Labute approximate surface area is 111 Å². The van der Waals surface area contributed by atoms with Gasteiger partial charge in [-0.2, -0.15) is 0 Å². The molecule has 0 bridgehead atoms. The van der Waals surface area contributed by atoms with Crippen molar-refractivity contribution in [3.8, 4) is 0 Å². The Bertz CT molecular complexity index is 375. The zero-order valence-electron chi connectivity index (χ0n) is 12.2. The van der Waals surface area contributed by atoms with E-state index in [4.69, 9.17) is 0 Å². The lowest BCUT2D eigenvalue weighted by Gasteiger charge is -2.22. The van der Waals surface area contributed by atoms with Crippen molar-refractivity contribution in [2.75, 3.05) is 24.5 Å². The standard InChI is InChI=1S/C16H26N2/c1-5-17-14-10-11-18(12-14)15-8-6-13(7-9-15)16(2,3)4/h6-9,14,17H,5,10-12H2,1-4H3. The number of nitrogens with one attached hydrogen (secondary N) is 1. The third-order valence-electron chi connectivity index (χ3n) is 3.78. The van der Waals surface area contributed by atoms with Gasteiger partial charge < -0.3 is 10.2 Å². The lowest BCUT2D eigenvalue weighted by Crippen LogP contribution is -2.32. The predicted molar refractivity (Wildman–Crippen MR) is 79.4 cm³/mol. The van der Waals surface area contributed by atoms with Gasteiger partial charge in [0.15, 0.2) is 0 Å². The van der Waals surface area contributed by atoms with E-state index in [1.165, 1.54) is 24.2 Å². The average Bonchev–Trinajstić information content (AvgIpc) is 2.77. The minimum atomic E-state index is 0.246. The van der Waals surface area contributed by atoms with E-state index in [1.807, 2.05) is 0 Å². The van der Waals surface area contributed by atoms with Gasteiger partial charge in [0.1, 0.15) is 0 Å². The highest BCUT2D eigenvalue weighted by Gasteiger charge is 2.22. The lowest BCUT2D eigenvalue weighted by molar-refractivity contribution is 0.572. The van der Waals surface area contributed by atoms with E-state index in [2.05, 4.69) is 62.2 Å². The minimum absolute atomic E-state index is 0.246. The molecule has 0 amide bonds.